The number of rotatable bonds is 2. The fourth-order valence-electron chi connectivity index (χ4n) is 3.31. The number of nitrogens with zero attached hydrogens (tertiary/aromatic N) is 2. The minimum absolute atomic E-state index is 0.707. The Morgan fingerprint density at radius 1 is 1.27 bits per heavy atom. The van der Waals surface area contributed by atoms with Gasteiger partial charge in [0.1, 0.15) is 0 Å². The van der Waals surface area contributed by atoms with Gasteiger partial charge in [0.25, 0.3) is 0 Å². The molecule has 0 amide bonds. The molecular formula is C19H20N2O. The van der Waals surface area contributed by atoms with Crippen molar-refractivity contribution in [2.45, 2.75) is 25.7 Å². The number of aryl methyl sites for hydroxylation is 2. The van der Waals surface area contributed by atoms with E-state index in [9.17, 15) is 0 Å². The summed E-state index contributed by atoms with van der Waals surface area (Å²) in [5.74, 6) is 0.925. The Morgan fingerprint density at radius 2 is 2.18 bits per heavy atom. The molecule has 0 unspecified atom stereocenters. The van der Waals surface area contributed by atoms with Crippen LogP contribution < -0.4 is 4.84 Å². The smallest absolute Gasteiger partial charge is 0.164 e. The molecule has 3 nitrogen and oxygen atoms in total. The fourth-order valence-corrected chi connectivity index (χ4v) is 3.31. The van der Waals surface area contributed by atoms with Gasteiger partial charge in [-0.05, 0) is 49.4 Å². The number of fused-ring (bicyclic) bond motifs is 4. The third-order valence-corrected chi connectivity index (χ3v) is 4.42. The molecule has 1 aromatic carbocycles. The van der Waals surface area contributed by atoms with Crippen LogP contribution in [0.5, 0.6) is 5.75 Å². The lowest BCUT2D eigenvalue weighted by molar-refractivity contribution is -0.0333. The molecule has 2 aliphatic rings. The summed E-state index contributed by atoms with van der Waals surface area (Å²) in [5.41, 5.74) is 4.81. The maximum atomic E-state index is 6.16. The largest absolute Gasteiger partial charge is 0.404 e. The summed E-state index contributed by atoms with van der Waals surface area (Å²) in [6, 6.07) is 6.51. The molecule has 4 rings (SSSR count). The van der Waals surface area contributed by atoms with Gasteiger partial charge in [-0.2, -0.15) is 0 Å². The van der Waals surface area contributed by atoms with E-state index in [1.54, 1.807) is 0 Å². The molecule has 1 aliphatic heterocycles. The lowest BCUT2D eigenvalue weighted by Gasteiger charge is -2.21. The van der Waals surface area contributed by atoms with Crippen molar-refractivity contribution in [3.8, 4) is 5.75 Å². The van der Waals surface area contributed by atoms with E-state index in [4.69, 9.17) is 9.82 Å². The van der Waals surface area contributed by atoms with Crippen LogP contribution >= 0.6 is 0 Å². The highest BCUT2D eigenvalue weighted by Crippen LogP contribution is 2.34. The Kier molecular flexibility index (Phi) is 3.43. The first-order valence-electron chi connectivity index (χ1n) is 8.01. The molecule has 0 spiro atoms. The van der Waals surface area contributed by atoms with E-state index < -0.39 is 0 Å². The van der Waals surface area contributed by atoms with Gasteiger partial charge in [-0.3, -0.25) is 4.98 Å². The molecule has 0 N–H and O–H groups in total. The molecule has 0 saturated heterocycles. The SMILES string of the molecule is C=CCN1CC=Cc2ccc3nc4c(cc3c2O1)CCCC4. The van der Waals surface area contributed by atoms with E-state index >= 15 is 0 Å². The minimum Gasteiger partial charge on any atom is -0.404 e. The van der Waals surface area contributed by atoms with Crippen molar-refractivity contribution in [3.05, 3.63) is 53.8 Å². The topological polar surface area (TPSA) is 25.4 Å². The van der Waals surface area contributed by atoms with Crippen LogP contribution in [0.3, 0.4) is 0 Å². The number of benzene rings is 1. The zero-order valence-corrected chi connectivity index (χ0v) is 12.7. The van der Waals surface area contributed by atoms with E-state index in [0.29, 0.717) is 6.54 Å². The fraction of sp³-hybridized carbons (Fsp3) is 0.316. The molecule has 2 heterocycles. The predicted molar refractivity (Wildman–Crippen MR) is 89.8 cm³/mol. The standard InChI is InChI=1S/C19H20N2O/c1-2-11-21-12-5-7-14-9-10-18-16(19(14)22-21)13-15-6-3-4-8-17(15)20-18/h2,5,7,9-10,13H,1,3-4,6,8,11-12H2. The second kappa shape index (κ2) is 5.58. The zero-order valence-electron chi connectivity index (χ0n) is 12.7. The predicted octanol–water partition coefficient (Wildman–Crippen LogP) is 3.92. The van der Waals surface area contributed by atoms with Crippen LogP contribution in [-0.2, 0) is 12.8 Å². The van der Waals surface area contributed by atoms with Crippen LogP contribution in [0.4, 0.5) is 0 Å². The number of hydrogen-bond acceptors (Lipinski definition) is 3. The van der Waals surface area contributed by atoms with E-state index in [2.05, 4.69) is 36.9 Å². The summed E-state index contributed by atoms with van der Waals surface area (Å²) in [4.78, 5) is 11.0. The van der Waals surface area contributed by atoms with Gasteiger partial charge in [-0.1, -0.05) is 18.2 Å². The van der Waals surface area contributed by atoms with Crippen LogP contribution in [0.15, 0.2) is 36.9 Å². The Hall–Kier alpha value is -2.13. The van der Waals surface area contributed by atoms with Crippen LogP contribution in [0, 0.1) is 0 Å². The first-order valence-corrected chi connectivity index (χ1v) is 8.01. The number of pyridine rings is 1. The van der Waals surface area contributed by atoms with E-state index in [1.165, 1.54) is 24.1 Å². The van der Waals surface area contributed by atoms with Gasteiger partial charge >= 0.3 is 0 Å². The average molecular weight is 292 g/mol. The van der Waals surface area contributed by atoms with E-state index in [0.717, 1.165) is 41.6 Å². The van der Waals surface area contributed by atoms with Crippen LogP contribution in [0.1, 0.15) is 29.7 Å². The van der Waals surface area contributed by atoms with Gasteiger partial charge in [0.05, 0.1) is 18.6 Å². The highest BCUT2D eigenvalue weighted by molar-refractivity contribution is 5.90. The van der Waals surface area contributed by atoms with Crippen molar-refractivity contribution in [2.75, 3.05) is 13.1 Å². The highest BCUT2D eigenvalue weighted by atomic mass is 16.7. The quantitative estimate of drug-likeness (QED) is 0.784. The van der Waals surface area contributed by atoms with Crippen molar-refractivity contribution in [2.24, 2.45) is 0 Å². The zero-order chi connectivity index (χ0) is 14.9. The van der Waals surface area contributed by atoms with Gasteiger partial charge in [0.2, 0.25) is 0 Å². The minimum atomic E-state index is 0.707. The number of aromatic nitrogens is 1. The maximum absolute atomic E-state index is 6.16. The molecule has 3 heteroatoms. The summed E-state index contributed by atoms with van der Waals surface area (Å²) < 4.78 is 0. The summed E-state index contributed by atoms with van der Waals surface area (Å²) in [5, 5.41) is 3.05. The highest BCUT2D eigenvalue weighted by Gasteiger charge is 2.18. The van der Waals surface area contributed by atoms with Crippen molar-refractivity contribution in [3.63, 3.8) is 0 Å². The molecule has 1 aromatic heterocycles. The van der Waals surface area contributed by atoms with Crippen molar-refractivity contribution in [1.29, 1.82) is 0 Å². The Balaban J connectivity index is 1.87. The first kappa shape index (κ1) is 13.5. The van der Waals surface area contributed by atoms with E-state index in [1.807, 2.05) is 11.1 Å². The lowest BCUT2D eigenvalue weighted by atomic mass is 9.94. The summed E-state index contributed by atoms with van der Waals surface area (Å²) in [7, 11) is 0. The molecule has 0 bridgehead atoms. The number of hydrogen-bond donors (Lipinski definition) is 0. The van der Waals surface area contributed by atoms with Crippen LogP contribution in [0.2, 0.25) is 0 Å². The second-order valence-corrected chi connectivity index (χ2v) is 5.98. The average Bonchev–Trinajstić information content (AvgIpc) is 2.75. The molecule has 22 heavy (non-hydrogen) atoms. The summed E-state index contributed by atoms with van der Waals surface area (Å²) in [6.45, 7) is 5.27. The molecule has 0 fully saturated rings. The second-order valence-electron chi connectivity index (χ2n) is 5.98. The van der Waals surface area contributed by atoms with Crippen LogP contribution in [-0.4, -0.2) is 23.1 Å². The molecular weight excluding hydrogens is 272 g/mol. The maximum Gasteiger partial charge on any atom is 0.164 e. The molecule has 1 aliphatic carbocycles. The Labute approximate surface area is 130 Å². The monoisotopic (exact) mass is 292 g/mol. The number of hydroxylamine groups is 2. The molecule has 0 atom stereocenters. The first-order chi connectivity index (χ1) is 10.8. The molecule has 0 saturated carbocycles. The van der Waals surface area contributed by atoms with Crippen molar-refractivity contribution in [1.82, 2.24) is 10.0 Å². The Morgan fingerprint density at radius 3 is 3.09 bits per heavy atom. The molecule has 2 aromatic rings. The van der Waals surface area contributed by atoms with Gasteiger partial charge < -0.3 is 4.84 Å². The third kappa shape index (κ3) is 2.32. The molecule has 112 valence electrons. The van der Waals surface area contributed by atoms with Gasteiger partial charge in [-0.25, -0.2) is 0 Å². The lowest BCUT2D eigenvalue weighted by Crippen LogP contribution is -2.27. The summed E-state index contributed by atoms with van der Waals surface area (Å²) >= 11 is 0. The Bertz CT molecular complexity index is 764. The van der Waals surface area contributed by atoms with Crippen molar-refractivity contribution >= 4 is 17.0 Å². The third-order valence-electron chi connectivity index (χ3n) is 4.42. The van der Waals surface area contributed by atoms with Crippen molar-refractivity contribution < 1.29 is 4.84 Å². The normalized spacial score (nSPS) is 17.5. The van der Waals surface area contributed by atoms with Gasteiger partial charge in [0, 0.05) is 16.6 Å². The molecule has 0 radical (unpaired) electrons. The van der Waals surface area contributed by atoms with Gasteiger partial charge in [0.15, 0.2) is 5.75 Å². The van der Waals surface area contributed by atoms with Crippen LogP contribution in [0.25, 0.3) is 17.0 Å². The van der Waals surface area contributed by atoms with Gasteiger partial charge in [-0.15, -0.1) is 11.6 Å². The van der Waals surface area contributed by atoms with E-state index in [-0.39, 0.29) is 0 Å². The summed E-state index contributed by atoms with van der Waals surface area (Å²) in [6.07, 6.45) is 10.9.